The maximum absolute atomic E-state index is 10.3. The van der Waals surface area contributed by atoms with E-state index in [9.17, 15) is 5.11 Å². The Hall–Kier alpha value is -1.59. The largest absolute Gasteiger partial charge is 0.385 e. The van der Waals surface area contributed by atoms with Gasteiger partial charge in [0.2, 0.25) is 0 Å². The molecule has 1 unspecified atom stereocenters. The molecule has 0 radical (unpaired) electrons. The summed E-state index contributed by atoms with van der Waals surface area (Å²) in [5.74, 6) is 0.892. The minimum Gasteiger partial charge on any atom is -0.385 e. The van der Waals surface area contributed by atoms with Gasteiger partial charge in [-0.2, -0.15) is 0 Å². The maximum Gasteiger partial charge on any atom is 0.135 e. The van der Waals surface area contributed by atoms with Crippen molar-refractivity contribution in [2.75, 3.05) is 18.0 Å². The Morgan fingerprint density at radius 1 is 1.35 bits per heavy atom. The van der Waals surface area contributed by atoms with Crippen LogP contribution in [0.5, 0.6) is 0 Å². The number of hydrogen-bond acceptors (Lipinski definition) is 4. The maximum atomic E-state index is 10.3. The first-order chi connectivity index (χ1) is 9.75. The van der Waals surface area contributed by atoms with E-state index in [4.69, 9.17) is 11.6 Å². The van der Waals surface area contributed by atoms with E-state index in [-0.39, 0.29) is 5.92 Å². The number of aliphatic hydroxyl groups is 1. The minimum atomic E-state index is -0.514. The normalized spacial score (nSPS) is 18.2. The molecule has 0 amide bonds. The van der Waals surface area contributed by atoms with Crippen LogP contribution in [0.15, 0.2) is 30.9 Å². The number of anilines is 1. The summed E-state index contributed by atoms with van der Waals surface area (Å²) in [6.07, 6.45) is 8.15. The number of aliphatic hydroxyl groups excluding tert-OH is 1. The van der Waals surface area contributed by atoms with Gasteiger partial charge in [-0.3, -0.25) is 4.98 Å². The molecule has 0 bridgehead atoms. The molecule has 2 N–H and O–H groups in total. The summed E-state index contributed by atoms with van der Waals surface area (Å²) in [6, 6.07) is 1.94. The van der Waals surface area contributed by atoms with Crippen LogP contribution in [0, 0.1) is 5.92 Å². The number of H-pyrrole nitrogens is 1. The summed E-state index contributed by atoms with van der Waals surface area (Å²) in [7, 11) is 0. The Labute approximate surface area is 122 Å². The quantitative estimate of drug-likeness (QED) is 0.912. The van der Waals surface area contributed by atoms with E-state index < -0.39 is 6.10 Å². The zero-order valence-electron chi connectivity index (χ0n) is 11.0. The zero-order valence-corrected chi connectivity index (χ0v) is 11.8. The summed E-state index contributed by atoms with van der Waals surface area (Å²) in [5.41, 5.74) is 1.02. The SMILES string of the molecule is OC(c1ncc[nH]1)C1CCN(c2ccncc2Cl)CC1. The van der Waals surface area contributed by atoms with Crippen molar-refractivity contribution >= 4 is 17.3 Å². The van der Waals surface area contributed by atoms with Gasteiger partial charge in [-0.25, -0.2) is 4.98 Å². The molecule has 3 rings (SSSR count). The van der Waals surface area contributed by atoms with Crippen molar-refractivity contribution in [2.24, 2.45) is 5.92 Å². The molecule has 6 heteroatoms. The molecular weight excluding hydrogens is 276 g/mol. The predicted molar refractivity (Wildman–Crippen MR) is 77.7 cm³/mol. The molecule has 0 aromatic carbocycles. The summed E-state index contributed by atoms with van der Waals surface area (Å²) in [6.45, 7) is 1.76. The van der Waals surface area contributed by atoms with Crippen LogP contribution in [0.1, 0.15) is 24.8 Å². The number of halogens is 1. The summed E-state index contributed by atoms with van der Waals surface area (Å²) in [5, 5.41) is 11.0. The molecule has 0 spiro atoms. The van der Waals surface area contributed by atoms with Crippen LogP contribution in [0.25, 0.3) is 0 Å². The van der Waals surface area contributed by atoms with Crippen LogP contribution < -0.4 is 4.90 Å². The molecule has 1 aliphatic heterocycles. The summed E-state index contributed by atoms with van der Waals surface area (Å²) < 4.78 is 0. The number of pyridine rings is 1. The van der Waals surface area contributed by atoms with E-state index >= 15 is 0 Å². The van der Waals surface area contributed by atoms with Gasteiger partial charge in [-0.1, -0.05) is 11.6 Å². The number of piperidine rings is 1. The van der Waals surface area contributed by atoms with Crippen molar-refractivity contribution < 1.29 is 5.11 Å². The van der Waals surface area contributed by atoms with Crippen LogP contribution in [-0.4, -0.2) is 33.1 Å². The Morgan fingerprint density at radius 3 is 2.80 bits per heavy atom. The molecule has 3 heterocycles. The number of rotatable bonds is 3. The Kier molecular flexibility index (Phi) is 3.89. The average molecular weight is 293 g/mol. The van der Waals surface area contributed by atoms with Crippen LogP contribution >= 0.6 is 11.6 Å². The van der Waals surface area contributed by atoms with Gasteiger partial charge < -0.3 is 15.0 Å². The van der Waals surface area contributed by atoms with Gasteiger partial charge in [0.25, 0.3) is 0 Å². The van der Waals surface area contributed by atoms with Crippen LogP contribution in [0.4, 0.5) is 5.69 Å². The molecule has 1 atom stereocenters. The third-order valence-corrected chi connectivity index (χ3v) is 4.17. The third kappa shape index (κ3) is 2.64. The zero-order chi connectivity index (χ0) is 13.9. The highest BCUT2D eigenvalue weighted by Gasteiger charge is 2.28. The second-order valence-electron chi connectivity index (χ2n) is 5.07. The van der Waals surface area contributed by atoms with Crippen molar-refractivity contribution in [1.82, 2.24) is 15.0 Å². The first kappa shape index (κ1) is 13.4. The number of imidazole rings is 1. The van der Waals surface area contributed by atoms with Gasteiger partial charge in [0.05, 0.1) is 10.7 Å². The molecule has 20 heavy (non-hydrogen) atoms. The molecule has 106 valence electrons. The third-order valence-electron chi connectivity index (χ3n) is 3.88. The lowest BCUT2D eigenvalue weighted by atomic mass is 9.90. The lowest BCUT2D eigenvalue weighted by molar-refractivity contribution is 0.0857. The van der Waals surface area contributed by atoms with Crippen molar-refractivity contribution in [1.29, 1.82) is 0 Å². The molecule has 0 saturated carbocycles. The second kappa shape index (κ2) is 5.81. The lowest BCUT2D eigenvalue weighted by Crippen LogP contribution is -2.36. The Bertz CT molecular complexity index is 552. The van der Waals surface area contributed by atoms with Gasteiger partial charge in [-0.15, -0.1) is 0 Å². The van der Waals surface area contributed by atoms with E-state index in [0.29, 0.717) is 10.8 Å². The van der Waals surface area contributed by atoms with Gasteiger partial charge in [0.1, 0.15) is 11.9 Å². The summed E-state index contributed by atoms with van der Waals surface area (Å²) in [4.78, 5) is 13.4. The highest BCUT2D eigenvalue weighted by Crippen LogP contribution is 2.33. The number of hydrogen-bond donors (Lipinski definition) is 2. The van der Waals surface area contributed by atoms with Crippen LogP contribution in [0.2, 0.25) is 5.02 Å². The highest BCUT2D eigenvalue weighted by atomic mass is 35.5. The Balaban J connectivity index is 1.64. The second-order valence-corrected chi connectivity index (χ2v) is 5.48. The van der Waals surface area contributed by atoms with Crippen LogP contribution in [-0.2, 0) is 0 Å². The molecular formula is C14H17ClN4O. The monoisotopic (exact) mass is 292 g/mol. The molecule has 1 saturated heterocycles. The van der Waals surface area contributed by atoms with Gasteiger partial charge in [0, 0.05) is 37.9 Å². The highest BCUT2D eigenvalue weighted by molar-refractivity contribution is 6.33. The first-order valence-electron chi connectivity index (χ1n) is 6.77. The first-order valence-corrected chi connectivity index (χ1v) is 7.15. The standard InChI is InChI=1S/C14H17ClN4O/c15-11-9-16-4-1-12(11)19-7-2-10(3-8-19)13(20)14-17-5-6-18-14/h1,4-6,9-10,13,20H,2-3,7-8H2,(H,17,18). The number of nitrogens with zero attached hydrogens (tertiary/aromatic N) is 3. The number of aromatic amines is 1. The fourth-order valence-corrected chi connectivity index (χ4v) is 2.98. The molecule has 1 fully saturated rings. The van der Waals surface area contributed by atoms with Crippen molar-refractivity contribution in [3.05, 3.63) is 41.7 Å². The molecule has 1 aliphatic rings. The predicted octanol–water partition coefficient (Wildman–Crippen LogP) is 2.41. The minimum absolute atomic E-state index is 0.234. The smallest absolute Gasteiger partial charge is 0.135 e. The van der Waals surface area contributed by atoms with E-state index in [2.05, 4.69) is 19.9 Å². The molecule has 0 aliphatic carbocycles. The van der Waals surface area contributed by atoms with E-state index in [1.54, 1.807) is 24.8 Å². The van der Waals surface area contributed by atoms with Gasteiger partial charge >= 0.3 is 0 Å². The van der Waals surface area contributed by atoms with Crippen molar-refractivity contribution in [3.63, 3.8) is 0 Å². The van der Waals surface area contributed by atoms with Crippen LogP contribution in [0.3, 0.4) is 0 Å². The number of nitrogens with one attached hydrogen (secondary N) is 1. The molecule has 2 aromatic rings. The Morgan fingerprint density at radius 2 is 2.15 bits per heavy atom. The van der Waals surface area contributed by atoms with E-state index in [1.807, 2.05) is 6.07 Å². The molecule has 2 aromatic heterocycles. The van der Waals surface area contributed by atoms with Gasteiger partial charge in [-0.05, 0) is 24.8 Å². The summed E-state index contributed by atoms with van der Waals surface area (Å²) >= 11 is 6.17. The van der Waals surface area contributed by atoms with Crippen molar-refractivity contribution in [2.45, 2.75) is 18.9 Å². The number of aromatic nitrogens is 3. The average Bonchev–Trinajstić information content (AvgIpc) is 3.01. The van der Waals surface area contributed by atoms with Crippen molar-refractivity contribution in [3.8, 4) is 0 Å². The topological polar surface area (TPSA) is 65.0 Å². The lowest BCUT2D eigenvalue weighted by Gasteiger charge is -2.35. The van der Waals surface area contributed by atoms with E-state index in [1.165, 1.54) is 0 Å². The fourth-order valence-electron chi connectivity index (χ4n) is 2.74. The molecule has 5 nitrogen and oxygen atoms in total. The van der Waals surface area contributed by atoms with Gasteiger partial charge in [0.15, 0.2) is 0 Å². The fraction of sp³-hybridized carbons (Fsp3) is 0.429. The van der Waals surface area contributed by atoms with E-state index in [0.717, 1.165) is 31.6 Å².